The Morgan fingerprint density at radius 2 is 1.72 bits per heavy atom. The Balaban J connectivity index is 1.21. The average Bonchev–Trinajstić information content (AvgIpc) is 3.39. The molecule has 1 aromatic carbocycles. The average molecular weight is 477 g/mol. The molecule has 0 N–H and O–H groups in total. The Labute approximate surface area is 195 Å². The fourth-order valence-corrected chi connectivity index (χ4v) is 7.36. The molecule has 0 saturated carbocycles. The Morgan fingerprint density at radius 3 is 2.31 bits per heavy atom. The second kappa shape index (κ2) is 10.4. The standard InChI is InChI=1S/C24H32N2O4S2/c1-30-22-8-6-19(7-9-22)4-5-20-10-14-25(15-11-20)24(27)21-12-16-26(17-13-21)32(28,29)23-3-2-18-31-23/h2-3,6-9,18,20-21H,4-5,10-17H2,1H3. The summed E-state index contributed by atoms with van der Waals surface area (Å²) in [5.74, 6) is 1.70. The summed E-state index contributed by atoms with van der Waals surface area (Å²) in [5.41, 5.74) is 1.33. The molecule has 3 heterocycles. The number of piperidine rings is 2. The first-order valence-corrected chi connectivity index (χ1v) is 13.7. The number of rotatable bonds is 7. The molecule has 32 heavy (non-hydrogen) atoms. The molecule has 2 aliphatic rings. The van der Waals surface area contributed by atoms with Crippen molar-refractivity contribution in [1.82, 2.24) is 9.21 Å². The zero-order valence-corrected chi connectivity index (χ0v) is 20.2. The molecule has 0 atom stereocenters. The van der Waals surface area contributed by atoms with Gasteiger partial charge in [-0.15, -0.1) is 11.3 Å². The molecule has 174 valence electrons. The van der Waals surface area contributed by atoms with Crippen LogP contribution in [0.3, 0.4) is 0 Å². The van der Waals surface area contributed by atoms with Gasteiger partial charge in [-0.2, -0.15) is 4.31 Å². The van der Waals surface area contributed by atoms with E-state index < -0.39 is 10.0 Å². The first kappa shape index (κ1) is 23.3. The van der Waals surface area contributed by atoms with Gasteiger partial charge < -0.3 is 9.64 Å². The fraction of sp³-hybridized carbons (Fsp3) is 0.542. The van der Waals surface area contributed by atoms with Crippen molar-refractivity contribution in [3.05, 3.63) is 47.3 Å². The van der Waals surface area contributed by atoms with E-state index >= 15 is 0 Å². The fourth-order valence-electron chi connectivity index (χ4n) is 4.74. The number of sulfonamides is 1. The van der Waals surface area contributed by atoms with Gasteiger partial charge in [0, 0.05) is 32.1 Å². The lowest BCUT2D eigenvalue weighted by atomic mass is 9.89. The van der Waals surface area contributed by atoms with Gasteiger partial charge in [0.25, 0.3) is 10.0 Å². The van der Waals surface area contributed by atoms with Gasteiger partial charge in [-0.25, -0.2) is 8.42 Å². The number of carbonyl (C=O) groups excluding carboxylic acids is 1. The van der Waals surface area contributed by atoms with Gasteiger partial charge >= 0.3 is 0 Å². The number of hydrogen-bond donors (Lipinski definition) is 0. The van der Waals surface area contributed by atoms with Crippen molar-refractivity contribution in [2.24, 2.45) is 11.8 Å². The molecule has 2 saturated heterocycles. The highest BCUT2D eigenvalue weighted by Crippen LogP contribution is 2.29. The zero-order valence-electron chi connectivity index (χ0n) is 18.6. The number of benzene rings is 1. The molecule has 0 unspecified atom stereocenters. The maximum absolute atomic E-state index is 13.0. The van der Waals surface area contributed by atoms with Crippen molar-refractivity contribution >= 4 is 27.3 Å². The molecule has 2 aromatic rings. The van der Waals surface area contributed by atoms with Gasteiger partial charge in [0.05, 0.1) is 7.11 Å². The monoisotopic (exact) mass is 476 g/mol. The molecule has 2 aliphatic heterocycles. The summed E-state index contributed by atoms with van der Waals surface area (Å²) in [6.45, 7) is 2.49. The summed E-state index contributed by atoms with van der Waals surface area (Å²) in [6.07, 6.45) is 5.52. The van der Waals surface area contributed by atoms with E-state index in [2.05, 4.69) is 12.1 Å². The highest BCUT2D eigenvalue weighted by atomic mass is 32.2. The van der Waals surface area contributed by atoms with Crippen molar-refractivity contribution in [3.8, 4) is 5.75 Å². The van der Waals surface area contributed by atoms with E-state index in [4.69, 9.17) is 4.74 Å². The zero-order chi connectivity index (χ0) is 22.6. The lowest BCUT2D eigenvalue weighted by molar-refractivity contribution is -0.138. The maximum Gasteiger partial charge on any atom is 0.252 e. The Bertz CT molecular complexity index is 974. The van der Waals surface area contributed by atoms with Crippen LogP contribution in [0, 0.1) is 11.8 Å². The van der Waals surface area contributed by atoms with Crippen molar-refractivity contribution in [2.75, 3.05) is 33.3 Å². The predicted octanol–water partition coefficient (Wildman–Crippen LogP) is 4.03. The van der Waals surface area contributed by atoms with E-state index in [1.807, 2.05) is 17.0 Å². The number of ether oxygens (including phenoxy) is 1. The highest BCUT2D eigenvalue weighted by molar-refractivity contribution is 7.91. The molecule has 1 amide bonds. The van der Waals surface area contributed by atoms with Gasteiger partial charge in [0.15, 0.2) is 0 Å². The van der Waals surface area contributed by atoms with Crippen LogP contribution in [0.25, 0.3) is 0 Å². The molecule has 0 aliphatic carbocycles. The van der Waals surface area contributed by atoms with E-state index in [1.54, 1.807) is 24.6 Å². The van der Waals surface area contributed by atoms with Crippen LogP contribution in [0.5, 0.6) is 5.75 Å². The minimum absolute atomic E-state index is 0.0550. The predicted molar refractivity (Wildman–Crippen MR) is 126 cm³/mol. The van der Waals surface area contributed by atoms with Crippen LogP contribution in [-0.2, 0) is 21.2 Å². The molecular weight excluding hydrogens is 444 g/mol. The largest absolute Gasteiger partial charge is 0.497 e. The maximum atomic E-state index is 13.0. The van der Waals surface area contributed by atoms with Crippen molar-refractivity contribution in [2.45, 2.75) is 42.7 Å². The highest BCUT2D eigenvalue weighted by Gasteiger charge is 2.35. The summed E-state index contributed by atoms with van der Waals surface area (Å²) in [4.78, 5) is 15.0. The first-order valence-electron chi connectivity index (χ1n) is 11.4. The van der Waals surface area contributed by atoms with E-state index in [1.165, 1.54) is 21.2 Å². The van der Waals surface area contributed by atoms with Crippen LogP contribution in [0.2, 0.25) is 0 Å². The quantitative estimate of drug-likeness (QED) is 0.605. The van der Waals surface area contributed by atoms with Crippen LogP contribution < -0.4 is 4.74 Å². The molecule has 4 rings (SSSR count). The van der Waals surface area contributed by atoms with E-state index in [9.17, 15) is 13.2 Å². The summed E-state index contributed by atoms with van der Waals surface area (Å²) in [7, 11) is -1.73. The molecule has 0 radical (unpaired) electrons. The van der Waals surface area contributed by atoms with E-state index in [0.29, 0.717) is 36.1 Å². The van der Waals surface area contributed by atoms with Gasteiger partial charge in [0.2, 0.25) is 5.91 Å². The van der Waals surface area contributed by atoms with E-state index in [0.717, 1.165) is 44.5 Å². The summed E-state index contributed by atoms with van der Waals surface area (Å²) in [5, 5.41) is 1.78. The van der Waals surface area contributed by atoms with Crippen molar-refractivity contribution in [1.29, 1.82) is 0 Å². The smallest absolute Gasteiger partial charge is 0.252 e. The molecule has 8 heteroatoms. The summed E-state index contributed by atoms with van der Waals surface area (Å²) < 4.78 is 32.5. The number of nitrogens with zero attached hydrogens (tertiary/aromatic N) is 2. The second-order valence-corrected chi connectivity index (χ2v) is 11.9. The Kier molecular flexibility index (Phi) is 7.53. The van der Waals surface area contributed by atoms with Gasteiger partial charge in [-0.05, 0) is 73.6 Å². The minimum Gasteiger partial charge on any atom is -0.497 e. The second-order valence-electron chi connectivity index (χ2n) is 8.77. The van der Waals surface area contributed by atoms with Crippen LogP contribution in [-0.4, -0.2) is 56.8 Å². The number of thiophene rings is 1. The number of methoxy groups -OCH3 is 1. The van der Waals surface area contributed by atoms with E-state index in [-0.39, 0.29) is 11.8 Å². The number of hydrogen-bond acceptors (Lipinski definition) is 5. The third-order valence-corrected chi connectivity index (χ3v) is 10.1. The van der Waals surface area contributed by atoms with Crippen LogP contribution in [0.4, 0.5) is 0 Å². The minimum atomic E-state index is -3.41. The summed E-state index contributed by atoms with van der Waals surface area (Å²) >= 11 is 1.25. The molecule has 2 fully saturated rings. The number of aryl methyl sites for hydroxylation is 1. The number of likely N-dealkylation sites (tertiary alicyclic amines) is 1. The number of amides is 1. The third kappa shape index (κ3) is 5.35. The Morgan fingerprint density at radius 1 is 1.03 bits per heavy atom. The molecule has 0 bridgehead atoms. The SMILES string of the molecule is COc1ccc(CCC2CCN(C(=O)C3CCN(S(=O)(=O)c4cccs4)CC3)CC2)cc1. The topological polar surface area (TPSA) is 66.9 Å². The van der Waals surface area contributed by atoms with Crippen LogP contribution in [0.1, 0.15) is 37.7 Å². The van der Waals surface area contributed by atoms with Gasteiger partial charge in [0.1, 0.15) is 9.96 Å². The van der Waals surface area contributed by atoms with Crippen molar-refractivity contribution < 1.29 is 17.9 Å². The van der Waals surface area contributed by atoms with Gasteiger partial charge in [-0.3, -0.25) is 4.79 Å². The Hall–Kier alpha value is -1.90. The third-order valence-electron chi connectivity index (χ3n) is 6.82. The lowest BCUT2D eigenvalue weighted by Crippen LogP contribution is -2.46. The molecular formula is C24H32N2O4S2. The molecule has 1 aromatic heterocycles. The van der Waals surface area contributed by atoms with Crippen LogP contribution >= 0.6 is 11.3 Å². The van der Waals surface area contributed by atoms with Crippen molar-refractivity contribution in [3.63, 3.8) is 0 Å². The molecule has 0 spiro atoms. The van der Waals surface area contributed by atoms with Crippen LogP contribution in [0.15, 0.2) is 46.0 Å². The molecule has 6 nitrogen and oxygen atoms in total. The first-order chi connectivity index (χ1) is 15.5. The summed E-state index contributed by atoms with van der Waals surface area (Å²) in [6, 6.07) is 11.7. The van der Waals surface area contributed by atoms with Gasteiger partial charge in [-0.1, -0.05) is 18.2 Å². The lowest BCUT2D eigenvalue weighted by Gasteiger charge is -2.37. The normalized spacial score (nSPS) is 19.2. The number of carbonyl (C=O) groups is 1.